The molecule has 1 heterocycles. The zero-order valence-corrected chi connectivity index (χ0v) is 12.0. The Hall–Kier alpha value is -2.08. The summed E-state index contributed by atoms with van der Waals surface area (Å²) in [4.78, 5) is 23.0. The Morgan fingerprint density at radius 2 is 1.95 bits per heavy atom. The van der Waals surface area contributed by atoms with Crippen LogP contribution < -0.4 is 10.1 Å². The molecule has 0 spiro atoms. The number of benzene rings is 1. The predicted molar refractivity (Wildman–Crippen MR) is 76.4 cm³/mol. The lowest BCUT2D eigenvalue weighted by molar-refractivity contribution is -0.150. The van der Waals surface area contributed by atoms with Gasteiger partial charge in [0, 0.05) is 0 Å². The van der Waals surface area contributed by atoms with Crippen LogP contribution in [0.15, 0.2) is 24.3 Å². The van der Waals surface area contributed by atoms with E-state index in [1.165, 1.54) is 0 Å². The summed E-state index contributed by atoms with van der Waals surface area (Å²) in [5.41, 5.74) is 0.554. The zero-order chi connectivity index (χ0) is 15.4. The number of carbonyl (C=O) groups excluding carboxylic acids is 1. The first kappa shape index (κ1) is 15.3. The number of carbonyl (C=O) groups is 2. The molecule has 114 valence electrons. The van der Waals surface area contributed by atoms with Crippen molar-refractivity contribution in [2.45, 2.75) is 45.0 Å². The first-order valence-electron chi connectivity index (χ1n) is 6.92. The standard InChI is InChI=1S/C15H19NO5/c1-9(2)20-11-6-4-3-5-10(11)16-14(17)12-7-8-13(21-12)15(18)19/h3-6,9,12-13H,7-8H2,1-2H3,(H,16,17)(H,18,19)/t12-,13+/m0/s1. The van der Waals surface area contributed by atoms with Crippen molar-refractivity contribution in [2.75, 3.05) is 5.32 Å². The molecule has 0 saturated carbocycles. The van der Waals surface area contributed by atoms with Gasteiger partial charge in [-0.25, -0.2) is 4.79 Å². The average Bonchev–Trinajstić information content (AvgIpc) is 2.90. The van der Waals surface area contributed by atoms with Crippen molar-refractivity contribution in [2.24, 2.45) is 0 Å². The van der Waals surface area contributed by atoms with Crippen LogP contribution in [0.3, 0.4) is 0 Å². The summed E-state index contributed by atoms with van der Waals surface area (Å²) >= 11 is 0. The van der Waals surface area contributed by atoms with Gasteiger partial charge in [0.2, 0.25) is 0 Å². The SMILES string of the molecule is CC(C)Oc1ccccc1NC(=O)[C@@H]1CC[C@H](C(=O)O)O1. The Labute approximate surface area is 123 Å². The number of amides is 1. The fourth-order valence-electron chi connectivity index (χ4n) is 2.15. The average molecular weight is 293 g/mol. The van der Waals surface area contributed by atoms with Gasteiger partial charge in [-0.15, -0.1) is 0 Å². The molecule has 0 aliphatic carbocycles. The highest BCUT2D eigenvalue weighted by Gasteiger charge is 2.34. The van der Waals surface area contributed by atoms with E-state index >= 15 is 0 Å². The summed E-state index contributed by atoms with van der Waals surface area (Å²) in [7, 11) is 0. The molecule has 1 aromatic carbocycles. The topological polar surface area (TPSA) is 84.9 Å². The highest BCUT2D eigenvalue weighted by atomic mass is 16.5. The van der Waals surface area contributed by atoms with E-state index in [4.69, 9.17) is 14.6 Å². The van der Waals surface area contributed by atoms with Crippen LogP contribution in [0.2, 0.25) is 0 Å². The molecule has 1 aromatic rings. The number of hydrogen-bond acceptors (Lipinski definition) is 4. The summed E-state index contributed by atoms with van der Waals surface area (Å²) in [5.74, 6) is -0.805. The number of aliphatic carboxylic acids is 1. The van der Waals surface area contributed by atoms with Gasteiger partial charge in [0.25, 0.3) is 5.91 Å². The molecule has 2 N–H and O–H groups in total. The molecule has 0 bridgehead atoms. The molecule has 21 heavy (non-hydrogen) atoms. The summed E-state index contributed by atoms with van der Waals surface area (Å²) < 4.78 is 10.8. The predicted octanol–water partition coefficient (Wildman–Crippen LogP) is 2.04. The summed E-state index contributed by atoms with van der Waals surface area (Å²) in [6, 6.07) is 7.11. The smallest absolute Gasteiger partial charge is 0.332 e. The van der Waals surface area contributed by atoms with Crippen molar-refractivity contribution in [3.05, 3.63) is 24.3 Å². The Kier molecular flexibility index (Phi) is 4.80. The summed E-state index contributed by atoms with van der Waals surface area (Å²) in [5, 5.41) is 11.6. The fourth-order valence-corrected chi connectivity index (χ4v) is 2.15. The van der Waals surface area contributed by atoms with Crippen molar-refractivity contribution >= 4 is 17.6 Å². The third-order valence-electron chi connectivity index (χ3n) is 3.10. The Morgan fingerprint density at radius 3 is 2.57 bits per heavy atom. The maximum atomic E-state index is 12.1. The second-order valence-corrected chi connectivity index (χ2v) is 5.18. The summed E-state index contributed by atoms with van der Waals surface area (Å²) in [6.07, 6.45) is -0.906. The lowest BCUT2D eigenvalue weighted by Crippen LogP contribution is -2.30. The normalized spacial score (nSPS) is 21.3. The van der Waals surface area contributed by atoms with Crippen LogP contribution in [-0.2, 0) is 14.3 Å². The van der Waals surface area contributed by atoms with E-state index in [1.54, 1.807) is 18.2 Å². The van der Waals surface area contributed by atoms with Crippen LogP contribution in [0.5, 0.6) is 5.75 Å². The highest BCUT2D eigenvalue weighted by molar-refractivity contribution is 5.96. The fraction of sp³-hybridized carbons (Fsp3) is 0.467. The van der Waals surface area contributed by atoms with Crippen LogP contribution in [0.1, 0.15) is 26.7 Å². The number of nitrogens with one attached hydrogen (secondary N) is 1. The molecule has 1 aliphatic heterocycles. The number of carboxylic acid groups (broad SMARTS) is 1. The lowest BCUT2D eigenvalue weighted by Gasteiger charge is -2.16. The second kappa shape index (κ2) is 6.58. The van der Waals surface area contributed by atoms with Crippen molar-refractivity contribution in [1.82, 2.24) is 0 Å². The van der Waals surface area contributed by atoms with Gasteiger partial charge >= 0.3 is 5.97 Å². The number of carboxylic acids is 1. The van der Waals surface area contributed by atoms with E-state index in [-0.39, 0.29) is 12.0 Å². The number of ether oxygens (including phenoxy) is 2. The van der Waals surface area contributed by atoms with Gasteiger partial charge in [-0.05, 0) is 38.8 Å². The lowest BCUT2D eigenvalue weighted by atomic mass is 10.2. The van der Waals surface area contributed by atoms with Crippen LogP contribution >= 0.6 is 0 Å². The number of anilines is 1. The molecule has 1 aliphatic rings. The minimum Gasteiger partial charge on any atom is -0.489 e. The van der Waals surface area contributed by atoms with Crippen molar-refractivity contribution in [3.63, 3.8) is 0 Å². The largest absolute Gasteiger partial charge is 0.489 e. The van der Waals surface area contributed by atoms with Crippen molar-refractivity contribution in [3.8, 4) is 5.75 Å². The van der Waals surface area contributed by atoms with Gasteiger partial charge in [-0.3, -0.25) is 4.79 Å². The van der Waals surface area contributed by atoms with Crippen molar-refractivity contribution < 1.29 is 24.2 Å². The first-order chi connectivity index (χ1) is 9.97. The van der Waals surface area contributed by atoms with Gasteiger partial charge in [0.05, 0.1) is 11.8 Å². The minimum atomic E-state index is -1.03. The van der Waals surface area contributed by atoms with Gasteiger partial charge in [0.1, 0.15) is 11.9 Å². The zero-order valence-electron chi connectivity index (χ0n) is 12.0. The molecule has 1 amide bonds. The molecule has 6 heteroatoms. The maximum Gasteiger partial charge on any atom is 0.332 e. The molecule has 1 fully saturated rings. The van der Waals surface area contributed by atoms with Crippen LogP contribution in [0, 0.1) is 0 Å². The molecule has 0 aromatic heterocycles. The van der Waals surface area contributed by atoms with Gasteiger partial charge in [0.15, 0.2) is 6.10 Å². The Balaban J connectivity index is 2.02. The molecule has 2 rings (SSSR count). The van der Waals surface area contributed by atoms with Crippen molar-refractivity contribution in [1.29, 1.82) is 0 Å². The Morgan fingerprint density at radius 1 is 1.29 bits per heavy atom. The minimum absolute atomic E-state index is 0.0119. The van der Waals surface area contributed by atoms with Gasteiger partial charge < -0.3 is 19.9 Å². The summed E-state index contributed by atoms with van der Waals surface area (Å²) in [6.45, 7) is 3.80. The third-order valence-corrected chi connectivity index (χ3v) is 3.10. The molecular weight excluding hydrogens is 274 g/mol. The monoisotopic (exact) mass is 293 g/mol. The molecule has 0 radical (unpaired) electrons. The van der Waals surface area contributed by atoms with Gasteiger partial charge in [-0.2, -0.15) is 0 Å². The van der Waals surface area contributed by atoms with E-state index < -0.39 is 18.2 Å². The van der Waals surface area contributed by atoms with Crippen LogP contribution in [0.25, 0.3) is 0 Å². The third kappa shape index (κ3) is 3.95. The molecular formula is C15H19NO5. The first-order valence-corrected chi connectivity index (χ1v) is 6.92. The number of para-hydroxylation sites is 2. The van der Waals surface area contributed by atoms with E-state index in [2.05, 4.69) is 5.32 Å². The van der Waals surface area contributed by atoms with Crippen LogP contribution in [-0.4, -0.2) is 35.3 Å². The number of rotatable bonds is 5. The molecule has 1 saturated heterocycles. The highest BCUT2D eigenvalue weighted by Crippen LogP contribution is 2.27. The van der Waals surface area contributed by atoms with E-state index in [0.717, 1.165) is 0 Å². The quantitative estimate of drug-likeness (QED) is 0.868. The van der Waals surface area contributed by atoms with Gasteiger partial charge in [-0.1, -0.05) is 12.1 Å². The Bertz CT molecular complexity index is 529. The number of hydrogen-bond donors (Lipinski definition) is 2. The molecule has 0 unspecified atom stereocenters. The van der Waals surface area contributed by atoms with E-state index in [9.17, 15) is 9.59 Å². The molecule has 2 atom stereocenters. The van der Waals surface area contributed by atoms with Crippen LogP contribution in [0.4, 0.5) is 5.69 Å². The molecule has 6 nitrogen and oxygen atoms in total. The van der Waals surface area contributed by atoms with E-state index in [0.29, 0.717) is 24.3 Å². The maximum absolute atomic E-state index is 12.1. The second-order valence-electron chi connectivity index (χ2n) is 5.18. The van der Waals surface area contributed by atoms with E-state index in [1.807, 2.05) is 19.9 Å².